The van der Waals surface area contributed by atoms with E-state index in [0.29, 0.717) is 6.54 Å². The maximum atomic E-state index is 12.9. The highest BCUT2D eigenvalue weighted by Gasteiger charge is 2.47. The summed E-state index contributed by atoms with van der Waals surface area (Å²) in [6.45, 7) is 3.07. The van der Waals surface area contributed by atoms with Crippen molar-refractivity contribution >= 4 is 17.4 Å². The van der Waals surface area contributed by atoms with Gasteiger partial charge < -0.3 is 9.64 Å². The summed E-state index contributed by atoms with van der Waals surface area (Å²) in [6, 6.07) is 6.67. The number of amides is 1. The lowest BCUT2D eigenvalue weighted by atomic mass is 10.1. The smallest absolute Gasteiger partial charge is 0.410 e. The number of likely N-dealkylation sites (tertiary alicyclic amines) is 1. The summed E-state index contributed by atoms with van der Waals surface area (Å²) in [7, 11) is 0. The van der Waals surface area contributed by atoms with Crippen LogP contribution in [-0.2, 0) is 17.7 Å². The summed E-state index contributed by atoms with van der Waals surface area (Å²) >= 11 is 1.65. The normalized spacial score (nSPS) is 23.1. The van der Waals surface area contributed by atoms with E-state index < -0.39 is 0 Å². The second kappa shape index (κ2) is 7.09. The van der Waals surface area contributed by atoms with Gasteiger partial charge in [-0.3, -0.25) is 4.90 Å². The van der Waals surface area contributed by atoms with Gasteiger partial charge in [-0.15, -0.1) is 11.3 Å². The number of hydrogen-bond donors (Lipinski definition) is 0. The molecule has 0 N–H and O–H groups in total. The summed E-state index contributed by atoms with van der Waals surface area (Å²) < 4.78 is 18.5. The van der Waals surface area contributed by atoms with Crippen LogP contribution in [0.15, 0.2) is 35.8 Å². The quantitative estimate of drug-likeness (QED) is 0.794. The first-order valence-corrected chi connectivity index (χ1v) is 9.39. The number of aryl methyl sites for hydroxylation is 1. The van der Waals surface area contributed by atoms with Gasteiger partial charge in [-0.05, 0) is 30.5 Å². The number of carbonyl (C=O) groups is 1. The van der Waals surface area contributed by atoms with Crippen molar-refractivity contribution < 1.29 is 13.9 Å². The Morgan fingerprint density at radius 2 is 2.12 bits per heavy atom. The molecule has 0 aliphatic carbocycles. The monoisotopic (exact) mass is 361 g/mol. The molecule has 25 heavy (non-hydrogen) atoms. The Labute approximate surface area is 150 Å². The van der Waals surface area contributed by atoms with E-state index in [9.17, 15) is 9.18 Å². The average molecular weight is 361 g/mol. The second-order valence-corrected chi connectivity index (χ2v) is 7.51. The molecule has 2 saturated heterocycles. The van der Waals surface area contributed by atoms with Gasteiger partial charge in [-0.2, -0.15) is 0 Å². The molecule has 0 unspecified atom stereocenters. The Bertz CT molecular complexity index is 722. The van der Waals surface area contributed by atoms with Crippen molar-refractivity contribution in [2.45, 2.75) is 31.5 Å². The topological polar surface area (TPSA) is 45.7 Å². The highest BCUT2D eigenvalue weighted by molar-refractivity contribution is 7.09. The van der Waals surface area contributed by atoms with E-state index in [-0.39, 0.29) is 24.1 Å². The van der Waals surface area contributed by atoms with Crippen molar-refractivity contribution in [1.82, 2.24) is 14.8 Å². The number of ether oxygens (including phenoxy) is 1. The van der Waals surface area contributed by atoms with Crippen LogP contribution in [0, 0.1) is 5.82 Å². The number of fused-ring (bicyclic) bond motifs is 1. The van der Waals surface area contributed by atoms with Crippen LogP contribution >= 0.6 is 11.3 Å². The molecule has 5 nitrogen and oxygen atoms in total. The van der Waals surface area contributed by atoms with Crippen LogP contribution in [0.25, 0.3) is 0 Å². The number of nitrogens with zero attached hydrogens (tertiary/aromatic N) is 3. The van der Waals surface area contributed by atoms with E-state index in [1.807, 2.05) is 16.5 Å². The highest BCUT2D eigenvalue weighted by atomic mass is 32.1. The number of thiazole rings is 1. The minimum absolute atomic E-state index is 0.0433. The third-order valence-electron chi connectivity index (χ3n) is 4.82. The van der Waals surface area contributed by atoms with Crippen molar-refractivity contribution in [1.29, 1.82) is 0 Å². The van der Waals surface area contributed by atoms with E-state index in [1.165, 1.54) is 12.1 Å². The number of benzene rings is 1. The molecule has 2 aromatic rings. The van der Waals surface area contributed by atoms with Gasteiger partial charge in [-0.1, -0.05) is 12.1 Å². The Kier molecular flexibility index (Phi) is 4.67. The highest BCUT2D eigenvalue weighted by Crippen LogP contribution is 2.28. The molecule has 0 saturated carbocycles. The standard InChI is InChI=1S/C18H20FN3O2S/c19-14-5-3-13(4-6-14)2-1-8-22-15-10-21(11-16(15)24-18(22)23)12-17-20-7-9-25-17/h3-7,9,15-16H,1-2,8,10-12H2/t15-,16+/m0/s1. The van der Waals surface area contributed by atoms with Crippen molar-refractivity contribution in [3.8, 4) is 0 Å². The van der Waals surface area contributed by atoms with Crippen LogP contribution in [-0.4, -0.2) is 52.7 Å². The SMILES string of the molecule is O=C1O[C@@H]2CN(Cc3nccs3)C[C@@H]2N1CCCc1ccc(F)cc1. The molecular formula is C18H20FN3O2S. The summed E-state index contributed by atoms with van der Waals surface area (Å²) in [6.07, 6.45) is 3.24. The first kappa shape index (κ1) is 16.5. The fourth-order valence-corrected chi connectivity index (χ4v) is 4.25. The molecule has 132 valence electrons. The van der Waals surface area contributed by atoms with Crippen LogP contribution in [0.3, 0.4) is 0 Å². The molecule has 0 radical (unpaired) electrons. The Balaban J connectivity index is 1.30. The molecule has 3 heterocycles. The Morgan fingerprint density at radius 1 is 1.28 bits per heavy atom. The minimum Gasteiger partial charge on any atom is -0.442 e. The third kappa shape index (κ3) is 3.67. The molecule has 7 heteroatoms. The molecule has 1 aromatic carbocycles. The first-order valence-electron chi connectivity index (χ1n) is 8.51. The summed E-state index contributed by atoms with van der Waals surface area (Å²) in [4.78, 5) is 20.6. The molecule has 2 fully saturated rings. The zero-order valence-corrected chi connectivity index (χ0v) is 14.6. The van der Waals surface area contributed by atoms with Crippen molar-refractivity contribution in [2.24, 2.45) is 0 Å². The van der Waals surface area contributed by atoms with Gasteiger partial charge in [0.05, 0.1) is 12.6 Å². The Hall–Kier alpha value is -1.99. The van der Waals surface area contributed by atoms with Crippen molar-refractivity contribution in [3.05, 3.63) is 52.2 Å². The molecule has 1 amide bonds. The van der Waals surface area contributed by atoms with E-state index in [2.05, 4.69) is 9.88 Å². The third-order valence-corrected chi connectivity index (χ3v) is 5.58. The van der Waals surface area contributed by atoms with Gasteiger partial charge in [0.25, 0.3) is 0 Å². The van der Waals surface area contributed by atoms with Crippen molar-refractivity contribution in [3.63, 3.8) is 0 Å². The Morgan fingerprint density at radius 3 is 2.88 bits per heavy atom. The van der Waals surface area contributed by atoms with E-state index in [1.54, 1.807) is 23.5 Å². The number of halogens is 1. The zero-order valence-electron chi connectivity index (χ0n) is 13.8. The van der Waals surface area contributed by atoms with Gasteiger partial charge in [0.2, 0.25) is 0 Å². The lowest BCUT2D eigenvalue weighted by Gasteiger charge is -2.22. The van der Waals surface area contributed by atoms with E-state index in [4.69, 9.17) is 4.74 Å². The van der Waals surface area contributed by atoms with Gasteiger partial charge >= 0.3 is 6.09 Å². The molecule has 2 aliphatic heterocycles. The van der Waals surface area contributed by atoms with E-state index in [0.717, 1.165) is 43.0 Å². The predicted octanol–water partition coefficient (Wildman–Crippen LogP) is 2.92. The molecule has 2 aliphatic rings. The van der Waals surface area contributed by atoms with Gasteiger partial charge in [0, 0.05) is 31.2 Å². The first-order chi connectivity index (χ1) is 12.2. The van der Waals surface area contributed by atoms with Gasteiger partial charge in [0.1, 0.15) is 16.9 Å². The molecular weight excluding hydrogens is 341 g/mol. The largest absolute Gasteiger partial charge is 0.442 e. The average Bonchev–Trinajstić information content (AvgIpc) is 3.29. The number of hydrogen-bond acceptors (Lipinski definition) is 5. The van der Waals surface area contributed by atoms with Crippen LogP contribution in [0.4, 0.5) is 9.18 Å². The fraction of sp³-hybridized carbons (Fsp3) is 0.444. The molecule has 0 bridgehead atoms. The number of carbonyl (C=O) groups excluding carboxylic acids is 1. The maximum absolute atomic E-state index is 12.9. The van der Waals surface area contributed by atoms with Crippen LogP contribution < -0.4 is 0 Å². The summed E-state index contributed by atoms with van der Waals surface area (Å²) in [5.41, 5.74) is 1.09. The molecule has 4 rings (SSSR count). The fourth-order valence-electron chi connectivity index (χ4n) is 3.59. The van der Waals surface area contributed by atoms with Gasteiger partial charge in [-0.25, -0.2) is 14.2 Å². The van der Waals surface area contributed by atoms with Crippen molar-refractivity contribution in [2.75, 3.05) is 19.6 Å². The molecule has 2 atom stereocenters. The second-order valence-electron chi connectivity index (χ2n) is 6.53. The zero-order chi connectivity index (χ0) is 17.2. The van der Waals surface area contributed by atoms with Crippen LogP contribution in [0.2, 0.25) is 0 Å². The maximum Gasteiger partial charge on any atom is 0.410 e. The predicted molar refractivity (Wildman–Crippen MR) is 92.9 cm³/mol. The van der Waals surface area contributed by atoms with E-state index >= 15 is 0 Å². The summed E-state index contributed by atoms with van der Waals surface area (Å²) in [5, 5.41) is 3.07. The lowest BCUT2D eigenvalue weighted by Crippen LogP contribution is -2.38. The lowest BCUT2D eigenvalue weighted by molar-refractivity contribution is 0.120. The van der Waals surface area contributed by atoms with Gasteiger partial charge in [0.15, 0.2) is 0 Å². The van der Waals surface area contributed by atoms with Crippen LogP contribution in [0.1, 0.15) is 17.0 Å². The minimum atomic E-state index is -0.221. The number of rotatable bonds is 6. The van der Waals surface area contributed by atoms with Crippen LogP contribution in [0.5, 0.6) is 0 Å². The number of aromatic nitrogens is 1. The summed E-state index contributed by atoms with van der Waals surface area (Å²) in [5.74, 6) is -0.221. The molecule has 1 aromatic heterocycles. The molecule has 0 spiro atoms.